The minimum Gasteiger partial charge on any atom is -0.301 e. The van der Waals surface area contributed by atoms with Crippen molar-refractivity contribution >= 4 is 55.7 Å². The number of carbonyl (C=O) groups excluding carboxylic acids is 1. The Morgan fingerprint density at radius 1 is 0.970 bits per heavy atom. The molecule has 164 valence electrons. The van der Waals surface area contributed by atoms with Gasteiger partial charge in [-0.1, -0.05) is 59.5 Å². The first-order chi connectivity index (χ1) is 16.0. The number of thiazole rings is 2. The van der Waals surface area contributed by atoms with Crippen molar-refractivity contribution in [1.82, 2.24) is 20.2 Å². The fourth-order valence-electron chi connectivity index (χ4n) is 3.24. The van der Waals surface area contributed by atoms with E-state index in [1.807, 2.05) is 68.4 Å². The number of carbonyl (C=O) groups is 1. The molecule has 3 heterocycles. The van der Waals surface area contributed by atoms with E-state index in [-0.39, 0.29) is 11.7 Å². The van der Waals surface area contributed by atoms with Gasteiger partial charge in [-0.15, -0.1) is 21.5 Å². The maximum atomic E-state index is 12.4. The van der Waals surface area contributed by atoms with Crippen LogP contribution in [0.15, 0.2) is 65.7 Å². The van der Waals surface area contributed by atoms with Crippen molar-refractivity contribution in [3.05, 3.63) is 71.9 Å². The summed E-state index contributed by atoms with van der Waals surface area (Å²) in [5, 5.41) is 13.8. The van der Waals surface area contributed by atoms with E-state index >= 15 is 0 Å². The van der Waals surface area contributed by atoms with E-state index in [9.17, 15) is 4.79 Å². The number of amides is 1. The van der Waals surface area contributed by atoms with Crippen LogP contribution in [0.25, 0.3) is 31.4 Å². The van der Waals surface area contributed by atoms with E-state index in [0.29, 0.717) is 10.2 Å². The highest BCUT2D eigenvalue weighted by Crippen LogP contribution is 2.34. The summed E-state index contributed by atoms with van der Waals surface area (Å²) in [6.45, 7) is 4.02. The molecular weight excluding hydrogens is 470 g/mol. The summed E-state index contributed by atoms with van der Waals surface area (Å²) >= 11 is 4.43. The number of nitrogens with zero attached hydrogens (tertiary/aromatic N) is 4. The SMILES string of the molecule is Cc1ccc2nc(NC(=O)CSc3ccc(-c4sc(-c5ccccc5)nc4C)nn3)sc2c1. The van der Waals surface area contributed by atoms with Gasteiger partial charge in [-0.3, -0.25) is 4.79 Å². The van der Waals surface area contributed by atoms with Crippen LogP contribution in [0, 0.1) is 13.8 Å². The zero-order valence-electron chi connectivity index (χ0n) is 17.9. The second-order valence-corrected chi connectivity index (χ2v) is 10.4. The summed E-state index contributed by atoms with van der Waals surface area (Å²) in [5.41, 5.74) is 4.87. The molecule has 0 unspecified atom stereocenters. The Morgan fingerprint density at radius 2 is 1.82 bits per heavy atom. The Morgan fingerprint density at radius 3 is 2.61 bits per heavy atom. The number of aromatic nitrogens is 4. The number of rotatable bonds is 6. The maximum Gasteiger partial charge on any atom is 0.236 e. The molecule has 0 fully saturated rings. The number of hydrogen-bond acceptors (Lipinski definition) is 8. The van der Waals surface area contributed by atoms with Crippen molar-refractivity contribution in [3.63, 3.8) is 0 Å². The molecule has 2 aromatic carbocycles. The summed E-state index contributed by atoms with van der Waals surface area (Å²) in [5.74, 6) is 0.119. The zero-order chi connectivity index (χ0) is 22.8. The van der Waals surface area contributed by atoms with E-state index in [1.165, 1.54) is 28.7 Å². The van der Waals surface area contributed by atoms with Crippen LogP contribution in [-0.4, -0.2) is 31.8 Å². The number of benzene rings is 2. The Labute approximate surface area is 203 Å². The topological polar surface area (TPSA) is 80.7 Å². The molecule has 0 aliphatic rings. The van der Waals surface area contributed by atoms with E-state index in [0.717, 1.165) is 37.1 Å². The Hall–Kier alpha value is -3.14. The molecule has 5 rings (SSSR count). The second kappa shape index (κ2) is 9.38. The summed E-state index contributed by atoms with van der Waals surface area (Å²) in [7, 11) is 0. The van der Waals surface area contributed by atoms with Crippen LogP contribution >= 0.6 is 34.4 Å². The lowest BCUT2D eigenvalue weighted by Gasteiger charge is -2.02. The summed E-state index contributed by atoms with van der Waals surface area (Å²) in [6, 6.07) is 20.0. The van der Waals surface area contributed by atoms with Gasteiger partial charge in [0.05, 0.1) is 26.5 Å². The Kier molecular flexibility index (Phi) is 6.17. The molecule has 6 nitrogen and oxygen atoms in total. The molecule has 0 saturated carbocycles. The van der Waals surface area contributed by atoms with E-state index in [4.69, 9.17) is 0 Å². The van der Waals surface area contributed by atoms with Gasteiger partial charge in [-0.25, -0.2) is 9.97 Å². The molecular formula is C24H19N5OS3. The molecule has 0 spiro atoms. The van der Waals surface area contributed by atoms with Crippen LogP contribution < -0.4 is 5.32 Å². The van der Waals surface area contributed by atoms with Crippen LogP contribution in [0.3, 0.4) is 0 Å². The van der Waals surface area contributed by atoms with Crippen molar-refractivity contribution in [1.29, 1.82) is 0 Å². The van der Waals surface area contributed by atoms with Crippen LogP contribution in [0.1, 0.15) is 11.3 Å². The van der Waals surface area contributed by atoms with Crippen LogP contribution in [0.2, 0.25) is 0 Å². The van der Waals surface area contributed by atoms with Crippen LogP contribution in [0.4, 0.5) is 5.13 Å². The molecule has 1 amide bonds. The predicted octanol–water partition coefficient (Wildman–Crippen LogP) is 6.22. The van der Waals surface area contributed by atoms with Gasteiger partial charge in [0, 0.05) is 5.56 Å². The fraction of sp³-hybridized carbons (Fsp3) is 0.125. The quantitative estimate of drug-likeness (QED) is 0.285. The number of hydrogen-bond donors (Lipinski definition) is 1. The lowest BCUT2D eigenvalue weighted by atomic mass is 10.2. The Balaban J connectivity index is 1.22. The molecule has 33 heavy (non-hydrogen) atoms. The zero-order valence-corrected chi connectivity index (χ0v) is 20.4. The van der Waals surface area contributed by atoms with Gasteiger partial charge >= 0.3 is 0 Å². The van der Waals surface area contributed by atoms with Gasteiger partial charge in [0.15, 0.2) is 5.13 Å². The van der Waals surface area contributed by atoms with Crippen molar-refractivity contribution in [2.24, 2.45) is 0 Å². The average Bonchev–Trinajstić information content (AvgIpc) is 3.41. The highest BCUT2D eigenvalue weighted by Gasteiger charge is 2.14. The summed E-state index contributed by atoms with van der Waals surface area (Å²) in [4.78, 5) is 22.5. The molecule has 0 aliphatic carbocycles. The van der Waals surface area contributed by atoms with Crippen molar-refractivity contribution in [2.45, 2.75) is 18.9 Å². The van der Waals surface area contributed by atoms with Crippen molar-refractivity contribution < 1.29 is 4.79 Å². The van der Waals surface area contributed by atoms with E-state index < -0.39 is 0 Å². The van der Waals surface area contributed by atoms with E-state index in [2.05, 4.69) is 31.5 Å². The number of aryl methyl sites for hydroxylation is 2. The first-order valence-corrected chi connectivity index (χ1v) is 12.8. The van der Waals surface area contributed by atoms with Gasteiger partial charge in [0.1, 0.15) is 15.7 Å². The molecule has 3 aromatic heterocycles. The largest absolute Gasteiger partial charge is 0.301 e. The van der Waals surface area contributed by atoms with Crippen molar-refractivity contribution in [2.75, 3.05) is 11.1 Å². The minimum atomic E-state index is -0.118. The smallest absolute Gasteiger partial charge is 0.236 e. The maximum absolute atomic E-state index is 12.4. The van der Waals surface area contributed by atoms with E-state index in [1.54, 1.807) is 11.3 Å². The minimum absolute atomic E-state index is 0.118. The third-order valence-corrected chi connectivity index (χ3v) is 7.91. The normalized spacial score (nSPS) is 11.1. The molecule has 5 aromatic rings. The summed E-state index contributed by atoms with van der Waals surface area (Å²) < 4.78 is 1.06. The molecule has 9 heteroatoms. The fourth-order valence-corrected chi connectivity index (χ4v) is 5.87. The van der Waals surface area contributed by atoms with Gasteiger partial charge in [-0.05, 0) is 43.7 Å². The third kappa shape index (κ3) is 4.95. The van der Waals surface area contributed by atoms with Gasteiger partial charge in [0.25, 0.3) is 0 Å². The third-order valence-electron chi connectivity index (χ3n) is 4.83. The molecule has 0 bridgehead atoms. The second-order valence-electron chi connectivity index (χ2n) is 7.38. The summed E-state index contributed by atoms with van der Waals surface area (Å²) in [6.07, 6.45) is 0. The van der Waals surface area contributed by atoms with Gasteiger partial charge in [-0.2, -0.15) is 0 Å². The number of nitrogens with one attached hydrogen (secondary N) is 1. The van der Waals surface area contributed by atoms with Gasteiger partial charge in [0.2, 0.25) is 5.91 Å². The highest BCUT2D eigenvalue weighted by atomic mass is 32.2. The standard InChI is InChI=1S/C24H19N5OS3/c1-14-8-9-17-19(12-14)32-24(26-17)27-20(30)13-31-21-11-10-18(28-29-21)22-15(2)25-23(33-22)16-6-4-3-5-7-16/h3-12H,13H2,1-2H3,(H,26,27,30). The lowest BCUT2D eigenvalue weighted by Crippen LogP contribution is -2.13. The van der Waals surface area contributed by atoms with Crippen LogP contribution in [-0.2, 0) is 4.79 Å². The number of anilines is 1. The average molecular weight is 490 g/mol. The Bertz CT molecular complexity index is 1430. The lowest BCUT2D eigenvalue weighted by molar-refractivity contribution is -0.113. The highest BCUT2D eigenvalue weighted by molar-refractivity contribution is 7.99. The number of thioether (sulfide) groups is 1. The molecule has 0 saturated heterocycles. The predicted molar refractivity (Wildman–Crippen MR) is 137 cm³/mol. The first kappa shape index (κ1) is 21.7. The first-order valence-electron chi connectivity index (χ1n) is 10.2. The monoisotopic (exact) mass is 489 g/mol. The van der Waals surface area contributed by atoms with Crippen molar-refractivity contribution in [3.8, 4) is 21.1 Å². The molecule has 0 atom stereocenters. The molecule has 0 radical (unpaired) electrons. The number of fused-ring (bicyclic) bond motifs is 1. The van der Waals surface area contributed by atoms with Crippen LogP contribution in [0.5, 0.6) is 0 Å². The van der Waals surface area contributed by atoms with Gasteiger partial charge < -0.3 is 5.32 Å². The molecule has 1 N–H and O–H groups in total. The molecule has 0 aliphatic heterocycles.